The highest BCUT2D eigenvalue weighted by Gasteiger charge is 2.45. The van der Waals surface area contributed by atoms with E-state index < -0.39 is 34.9 Å². The van der Waals surface area contributed by atoms with Gasteiger partial charge in [-0.1, -0.05) is 48.5 Å². The Morgan fingerprint density at radius 3 is 2.16 bits per heavy atom. The van der Waals surface area contributed by atoms with Crippen LogP contribution in [-0.4, -0.2) is 42.1 Å². The lowest BCUT2D eigenvalue weighted by molar-refractivity contribution is -0.222. The summed E-state index contributed by atoms with van der Waals surface area (Å²) in [5.74, 6) is -3.89. The molecule has 1 amide bonds. The molecule has 2 aromatic rings. The number of rotatable bonds is 2. The average Bonchev–Trinajstić information content (AvgIpc) is 2.81. The van der Waals surface area contributed by atoms with Gasteiger partial charge in [0, 0.05) is 32.0 Å². The maximum absolute atomic E-state index is 13.4. The smallest absolute Gasteiger partial charge is 0.348 e. The van der Waals surface area contributed by atoms with Crippen molar-refractivity contribution in [2.45, 2.75) is 25.3 Å². The van der Waals surface area contributed by atoms with Crippen LogP contribution in [0, 0.1) is 0 Å². The first-order valence-electron chi connectivity index (χ1n) is 9.62. The molecule has 0 radical (unpaired) electrons. The highest BCUT2D eigenvalue weighted by Crippen LogP contribution is 2.32. The van der Waals surface area contributed by atoms with E-state index in [0.29, 0.717) is 17.0 Å². The Morgan fingerprint density at radius 2 is 1.52 bits per heavy atom. The fraction of sp³-hybridized carbons (Fsp3) is 0.217. The molecule has 158 valence electrons. The summed E-state index contributed by atoms with van der Waals surface area (Å²) in [6.45, 7) is 2.87. The van der Waals surface area contributed by atoms with Gasteiger partial charge in [-0.05, 0) is 12.1 Å². The number of nitrogens with zero attached hydrogens (tertiary/aromatic N) is 2. The monoisotopic (exact) mass is 419 g/mol. The van der Waals surface area contributed by atoms with E-state index in [1.165, 1.54) is 18.7 Å². The van der Waals surface area contributed by atoms with Crippen LogP contribution in [0.15, 0.2) is 71.2 Å². The van der Waals surface area contributed by atoms with E-state index in [-0.39, 0.29) is 0 Å². The lowest BCUT2D eigenvalue weighted by Gasteiger charge is -2.31. The molecule has 2 aliphatic rings. The number of fused-ring (bicyclic) bond motifs is 1. The Bertz CT molecular complexity index is 1130. The van der Waals surface area contributed by atoms with Gasteiger partial charge in [0.2, 0.25) is 5.66 Å². The van der Waals surface area contributed by atoms with Gasteiger partial charge in [-0.25, -0.2) is 14.6 Å². The minimum atomic E-state index is -2.05. The number of hydrogen-bond acceptors (Lipinski definition) is 7. The molecule has 8 nitrogen and oxygen atoms in total. The predicted molar refractivity (Wildman–Crippen MR) is 113 cm³/mol. The van der Waals surface area contributed by atoms with Crippen LogP contribution in [-0.2, 0) is 23.9 Å². The maximum atomic E-state index is 13.4. The Balaban J connectivity index is 1.92. The summed E-state index contributed by atoms with van der Waals surface area (Å²) in [5.41, 5.74) is 6.38. The van der Waals surface area contributed by atoms with Crippen LogP contribution in [0.25, 0.3) is 0 Å². The van der Waals surface area contributed by atoms with Gasteiger partial charge in [0.1, 0.15) is 5.57 Å². The number of benzene rings is 2. The van der Waals surface area contributed by atoms with Crippen molar-refractivity contribution in [2.75, 3.05) is 11.9 Å². The molecule has 2 heterocycles. The zero-order chi connectivity index (χ0) is 22.4. The van der Waals surface area contributed by atoms with Crippen LogP contribution in [0.5, 0.6) is 0 Å². The minimum Gasteiger partial charge on any atom is -0.419 e. The first-order chi connectivity index (χ1) is 14.6. The van der Waals surface area contributed by atoms with Crippen LogP contribution in [0.2, 0.25) is 0 Å². The second kappa shape index (κ2) is 7.17. The Labute approximate surface area is 179 Å². The third-order valence-electron chi connectivity index (χ3n) is 4.99. The van der Waals surface area contributed by atoms with Crippen molar-refractivity contribution in [3.05, 3.63) is 77.4 Å². The van der Waals surface area contributed by atoms with Crippen molar-refractivity contribution in [1.29, 1.82) is 0 Å². The zero-order valence-corrected chi connectivity index (χ0v) is 17.3. The molecule has 2 N–H and O–H groups in total. The summed E-state index contributed by atoms with van der Waals surface area (Å²) in [5, 5.41) is 0. The standard InChI is InChI=1S/C23H21N3O5/c1-22(2)30-19(27)16(20(28)31-22)13-23(24)21(29)26(3)17-12-8-7-11-15(17)18(25-23)14-9-5-4-6-10-14/h4-13H,24H2,1-3H3. The zero-order valence-electron chi connectivity index (χ0n) is 17.3. The van der Waals surface area contributed by atoms with E-state index >= 15 is 0 Å². The fourth-order valence-electron chi connectivity index (χ4n) is 3.55. The van der Waals surface area contributed by atoms with Crippen molar-refractivity contribution in [2.24, 2.45) is 10.7 Å². The van der Waals surface area contributed by atoms with Gasteiger partial charge < -0.3 is 14.4 Å². The number of likely N-dealkylation sites (N-methyl/N-ethyl adjacent to an activating group) is 1. The molecule has 0 aromatic heterocycles. The summed E-state index contributed by atoms with van der Waals surface area (Å²) < 4.78 is 10.3. The van der Waals surface area contributed by atoms with Crippen molar-refractivity contribution >= 4 is 29.2 Å². The highest BCUT2D eigenvalue weighted by molar-refractivity contribution is 6.22. The number of hydrogen-bond donors (Lipinski definition) is 1. The topological polar surface area (TPSA) is 111 Å². The molecule has 2 aliphatic heterocycles. The van der Waals surface area contributed by atoms with Crippen molar-refractivity contribution in [3.8, 4) is 0 Å². The van der Waals surface area contributed by atoms with Crippen LogP contribution >= 0.6 is 0 Å². The summed E-state index contributed by atoms with van der Waals surface area (Å²) in [7, 11) is 1.56. The number of ether oxygens (including phenoxy) is 2. The molecule has 2 aromatic carbocycles. The molecule has 1 saturated heterocycles. The molecule has 1 fully saturated rings. The van der Waals surface area contributed by atoms with Crippen molar-refractivity contribution < 1.29 is 23.9 Å². The molecule has 8 heteroatoms. The predicted octanol–water partition coefficient (Wildman–Crippen LogP) is 1.92. The Kier molecular flexibility index (Phi) is 4.74. The second-order valence-electron chi connectivity index (χ2n) is 7.77. The summed E-state index contributed by atoms with van der Waals surface area (Å²) in [4.78, 5) is 44.2. The Hall–Kier alpha value is -3.78. The molecule has 0 aliphatic carbocycles. The van der Waals surface area contributed by atoms with Gasteiger partial charge in [0.15, 0.2) is 0 Å². The molecule has 0 saturated carbocycles. The van der Waals surface area contributed by atoms with E-state index in [4.69, 9.17) is 15.2 Å². The van der Waals surface area contributed by atoms with E-state index in [9.17, 15) is 14.4 Å². The number of carbonyl (C=O) groups is 3. The summed E-state index contributed by atoms with van der Waals surface area (Å²) in [6.07, 6.45) is 1.01. The van der Waals surface area contributed by atoms with E-state index in [1.54, 1.807) is 19.2 Å². The number of aliphatic imine (C=N–C) groups is 1. The van der Waals surface area contributed by atoms with Gasteiger partial charge in [-0.15, -0.1) is 0 Å². The Morgan fingerprint density at radius 1 is 0.935 bits per heavy atom. The van der Waals surface area contributed by atoms with E-state index in [2.05, 4.69) is 4.99 Å². The largest absolute Gasteiger partial charge is 0.419 e. The average molecular weight is 419 g/mol. The maximum Gasteiger partial charge on any atom is 0.348 e. The van der Waals surface area contributed by atoms with Crippen LogP contribution in [0.4, 0.5) is 5.69 Å². The van der Waals surface area contributed by atoms with Crippen LogP contribution < -0.4 is 10.6 Å². The molecular formula is C23H21N3O5. The number of carbonyl (C=O) groups excluding carboxylic acids is 3. The van der Waals surface area contributed by atoms with Crippen LogP contribution in [0.3, 0.4) is 0 Å². The lowest BCUT2D eigenvalue weighted by Crippen LogP contribution is -2.53. The molecule has 0 bridgehead atoms. The van der Waals surface area contributed by atoms with Gasteiger partial charge >= 0.3 is 11.9 Å². The first kappa shape index (κ1) is 20.5. The third kappa shape index (κ3) is 3.62. The SMILES string of the molecule is CN1C(=O)C(N)(C=C2C(=O)OC(C)(C)OC2=O)N=C(c2ccccc2)c2ccccc21. The van der Waals surface area contributed by atoms with Gasteiger partial charge in [-0.2, -0.15) is 0 Å². The van der Waals surface area contributed by atoms with Crippen molar-refractivity contribution in [1.82, 2.24) is 0 Å². The van der Waals surface area contributed by atoms with Gasteiger partial charge in [0.25, 0.3) is 11.7 Å². The quantitative estimate of drug-likeness (QED) is 0.452. The van der Waals surface area contributed by atoms with Gasteiger partial charge in [-0.3, -0.25) is 10.5 Å². The molecule has 1 atom stereocenters. The van der Waals surface area contributed by atoms with Crippen molar-refractivity contribution in [3.63, 3.8) is 0 Å². The minimum absolute atomic E-state index is 0.450. The summed E-state index contributed by atoms with van der Waals surface area (Å²) in [6, 6.07) is 16.4. The number of amides is 1. The second-order valence-corrected chi connectivity index (χ2v) is 7.77. The molecule has 1 unspecified atom stereocenters. The lowest BCUT2D eigenvalue weighted by atomic mass is 10.00. The number of nitrogens with two attached hydrogens (primary N) is 1. The molecule has 31 heavy (non-hydrogen) atoms. The fourth-order valence-corrected chi connectivity index (χ4v) is 3.55. The number of cyclic esters (lactones) is 2. The molecular weight excluding hydrogens is 398 g/mol. The molecule has 0 spiro atoms. The summed E-state index contributed by atoms with van der Waals surface area (Å²) >= 11 is 0. The number of esters is 2. The van der Waals surface area contributed by atoms with Crippen LogP contribution in [0.1, 0.15) is 25.0 Å². The number of benzodiazepines with no additional fused rings is 1. The number of para-hydroxylation sites is 1. The number of anilines is 1. The van der Waals surface area contributed by atoms with E-state index in [1.807, 2.05) is 42.5 Å². The van der Waals surface area contributed by atoms with Gasteiger partial charge in [0.05, 0.1) is 11.4 Å². The third-order valence-corrected chi connectivity index (χ3v) is 4.99. The molecule has 4 rings (SSSR count). The van der Waals surface area contributed by atoms with E-state index in [0.717, 1.165) is 11.6 Å². The normalized spacial score (nSPS) is 22.7. The first-order valence-corrected chi connectivity index (χ1v) is 9.62. The highest BCUT2D eigenvalue weighted by atomic mass is 16.7.